The van der Waals surface area contributed by atoms with Crippen molar-refractivity contribution in [1.82, 2.24) is 0 Å². The van der Waals surface area contributed by atoms with Crippen LogP contribution >= 0.6 is 0 Å². The number of aryl methyl sites for hydroxylation is 1. The maximum Gasteiger partial charge on any atom is 0.303 e. The van der Waals surface area contributed by atoms with E-state index in [0.717, 1.165) is 54.4 Å². The lowest BCUT2D eigenvalue weighted by Crippen LogP contribution is -2.07. The Kier molecular flexibility index (Phi) is 13.0. The zero-order valence-electron chi connectivity index (χ0n) is 23.6. The second-order valence-electron chi connectivity index (χ2n) is 9.78. The predicted molar refractivity (Wildman–Crippen MR) is 155 cm³/mol. The molecule has 3 aromatic rings. The van der Waals surface area contributed by atoms with Crippen LogP contribution in [-0.4, -0.2) is 42.0 Å². The molecule has 0 bridgehead atoms. The van der Waals surface area contributed by atoms with E-state index < -0.39 is 11.9 Å². The molecule has 0 aliphatic rings. The Balaban J connectivity index is 1.49. The summed E-state index contributed by atoms with van der Waals surface area (Å²) in [7, 11) is 0. The normalized spacial score (nSPS) is 10.8. The first-order valence-corrected chi connectivity index (χ1v) is 14.2. The average Bonchev–Trinajstić information content (AvgIpc) is 2.94. The van der Waals surface area contributed by atoms with Crippen molar-refractivity contribution >= 4 is 11.9 Å². The molecule has 7 nitrogen and oxygen atoms in total. The van der Waals surface area contributed by atoms with Gasteiger partial charge in [-0.15, -0.1) is 0 Å². The van der Waals surface area contributed by atoms with E-state index in [1.54, 1.807) is 12.1 Å². The number of benzene rings is 3. The highest BCUT2D eigenvalue weighted by molar-refractivity contribution is 5.68. The summed E-state index contributed by atoms with van der Waals surface area (Å²) >= 11 is 0. The third kappa shape index (κ3) is 11.1. The number of rotatable bonds is 19. The summed E-state index contributed by atoms with van der Waals surface area (Å²) in [4.78, 5) is 22.0. The minimum absolute atomic E-state index is 0.00715. The number of aliphatic carboxylic acids is 2. The van der Waals surface area contributed by atoms with Crippen molar-refractivity contribution in [2.45, 2.75) is 64.7 Å². The smallest absolute Gasteiger partial charge is 0.303 e. The van der Waals surface area contributed by atoms with Crippen LogP contribution in [0.15, 0.2) is 60.7 Å². The summed E-state index contributed by atoms with van der Waals surface area (Å²) in [6.07, 6.45) is 5.39. The van der Waals surface area contributed by atoms with Gasteiger partial charge in [0, 0.05) is 18.9 Å². The lowest BCUT2D eigenvalue weighted by Gasteiger charge is -2.15. The Morgan fingerprint density at radius 2 is 1.39 bits per heavy atom. The van der Waals surface area contributed by atoms with Crippen LogP contribution in [0.1, 0.15) is 63.0 Å². The van der Waals surface area contributed by atoms with Gasteiger partial charge in [-0.25, -0.2) is 4.39 Å². The van der Waals surface area contributed by atoms with Crippen molar-refractivity contribution in [3.63, 3.8) is 0 Å². The van der Waals surface area contributed by atoms with Gasteiger partial charge in [0.1, 0.15) is 23.1 Å². The van der Waals surface area contributed by atoms with Crippen LogP contribution in [-0.2, 0) is 22.4 Å². The molecule has 8 heteroatoms. The molecule has 3 aromatic carbocycles. The molecular formula is C33H39FO7. The molecule has 0 saturated carbocycles. The highest BCUT2D eigenvalue weighted by atomic mass is 19.1. The van der Waals surface area contributed by atoms with Crippen LogP contribution < -0.4 is 14.2 Å². The molecule has 0 unspecified atom stereocenters. The van der Waals surface area contributed by atoms with E-state index in [1.165, 1.54) is 12.1 Å². The second-order valence-corrected chi connectivity index (χ2v) is 9.78. The zero-order valence-corrected chi connectivity index (χ0v) is 23.6. The van der Waals surface area contributed by atoms with Crippen molar-refractivity contribution in [3.8, 4) is 28.4 Å². The Bertz CT molecular complexity index is 1260. The third-order valence-electron chi connectivity index (χ3n) is 6.59. The molecule has 0 fully saturated rings. The van der Waals surface area contributed by atoms with Gasteiger partial charge in [-0.3, -0.25) is 9.59 Å². The van der Waals surface area contributed by atoms with Crippen molar-refractivity contribution in [2.75, 3.05) is 19.8 Å². The predicted octanol–water partition coefficient (Wildman–Crippen LogP) is 7.33. The number of halogens is 1. The molecular weight excluding hydrogens is 527 g/mol. The first kappa shape index (κ1) is 31.5. The number of hydrogen-bond acceptors (Lipinski definition) is 5. The van der Waals surface area contributed by atoms with Gasteiger partial charge in [0.2, 0.25) is 0 Å². The molecule has 0 radical (unpaired) electrons. The summed E-state index contributed by atoms with van der Waals surface area (Å²) < 4.78 is 30.9. The Morgan fingerprint density at radius 1 is 0.707 bits per heavy atom. The van der Waals surface area contributed by atoms with Gasteiger partial charge >= 0.3 is 11.9 Å². The van der Waals surface area contributed by atoms with Crippen LogP contribution in [0.5, 0.6) is 17.2 Å². The molecule has 0 spiro atoms. The Labute approximate surface area is 240 Å². The zero-order chi connectivity index (χ0) is 29.5. The molecule has 41 heavy (non-hydrogen) atoms. The van der Waals surface area contributed by atoms with Gasteiger partial charge in [0.25, 0.3) is 0 Å². The molecule has 0 saturated heterocycles. The summed E-state index contributed by atoms with van der Waals surface area (Å²) in [5, 5.41) is 18.0. The Morgan fingerprint density at radius 3 is 2.10 bits per heavy atom. The van der Waals surface area contributed by atoms with Gasteiger partial charge in [0.05, 0.1) is 19.8 Å². The summed E-state index contributed by atoms with van der Waals surface area (Å²) in [6.45, 7) is 3.28. The molecule has 0 atom stereocenters. The van der Waals surface area contributed by atoms with Gasteiger partial charge in [0.15, 0.2) is 0 Å². The van der Waals surface area contributed by atoms with Crippen molar-refractivity contribution in [3.05, 3.63) is 77.6 Å². The Hall–Kier alpha value is -4.07. The summed E-state index contributed by atoms with van der Waals surface area (Å²) in [5.74, 6) is 0.0315. The quantitative estimate of drug-likeness (QED) is 0.146. The van der Waals surface area contributed by atoms with Crippen LogP contribution in [0, 0.1) is 5.82 Å². The average molecular weight is 567 g/mol. The molecule has 0 heterocycles. The van der Waals surface area contributed by atoms with Crippen LogP contribution in [0.3, 0.4) is 0 Å². The van der Waals surface area contributed by atoms with E-state index in [1.807, 2.05) is 43.3 Å². The molecule has 0 aliphatic carbocycles. The monoisotopic (exact) mass is 566 g/mol. The molecule has 0 aliphatic heterocycles. The van der Waals surface area contributed by atoms with Crippen molar-refractivity contribution in [1.29, 1.82) is 0 Å². The molecule has 3 rings (SSSR count). The minimum atomic E-state index is -0.868. The first-order chi connectivity index (χ1) is 19.9. The number of carboxylic acids is 2. The fourth-order valence-corrected chi connectivity index (χ4v) is 4.58. The van der Waals surface area contributed by atoms with Crippen LogP contribution in [0.2, 0.25) is 0 Å². The lowest BCUT2D eigenvalue weighted by molar-refractivity contribution is -0.138. The largest absolute Gasteiger partial charge is 0.494 e. The fraction of sp³-hybridized carbons (Fsp3) is 0.394. The number of hydrogen-bond donors (Lipinski definition) is 2. The number of unbranched alkanes of at least 4 members (excludes halogenated alkanes) is 3. The second kappa shape index (κ2) is 16.9. The third-order valence-corrected chi connectivity index (χ3v) is 6.59. The minimum Gasteiger partial charge on any atom is -0.494 e. The standard InChI is InChI=1S/C33H39FO7/c1-2-39-28-21-26(24-13-15-27(34)16-14-24)22-29(23-28)40-19-6-4-3-5-9-25-10-7-11-31(30(25)17-18-33(37)38)41-20-8-12-32(35)36/h7,10-11,13-16,21-23H,2-6,8-9,12,17-20H2,1H3,(H,35,36)(H,37,38). The fourth-order valence-electron chi connectivity index (χ4n) is 4.58. The maximum atomic E-state index is 13.4. The van der Waals surface area contributed by atoms with Gasteiger partial charge in [-0.05, 0) is 91.6 Å². The number of carboxylic acid groups (broad SMARTS) is 2. The summed E-state index contributed by atoms with van der Waals surface area (Å²) in [6, 6.07) is 17.8. The van der Waals surface area contributed by atoms with Gasteiger partial charge in [-0.2, -0.15) is 0 Å². The number of carbonyl (C=O) groups is 2. The van der Waals surface area contributed by atoms with E-state index in [9.17, 15) is 19.1 Å². The lowest BCUT2D eigenvalue weighted by atomic mass is 9.97. The molecule has 0 aromatic heterocycles. The van der Waals surface area contributed by atoms with Gasteiger partial charge in [-0.1, -0.05) is 37.1 Å². The van der Waals surface area contributed by atoms with E-state index in [-0.39, 0.29) is 25.3 Å². The van der Waals surface area contributed by atoms with E-state index in [2.05, 4.69) is 0 Å². The maximum absolute atomic E-state index is 13.4. The van der Waals surface area contributed by atoms with Crippen molar-refractivity contribution in [2.24, 2.45) is 0 Å². The van der Waals surface area contributed by atoms with Crippen molar-refractivity contribution < 1.29 is 38.4 Å². The van der Waals surface area contributed by atoms with Crippen LogP contribution in [0.25, 0.3) is 11.1 Å². The van der Waals surface area contributed by atoms with E-state index in [0.29, 0.717) is 43.3 Å². The van der Waals surface area contributed by atoms with E-state index in [4.69, 9.17) is 19.3 Å². The van der Waals surface area contributed by atoms with Gasteiger partial charge < -0.3 is 24.4 Å². The molecule has 2 N–H and O–H groups in total. The number of ether oxygens (including phenoxy) is 3. The molecule has 0 amide bonds. The first-order valence-electron chi connectivity index (χ1n) is 14.2. The highest BCUT2D eigenvalue weighted by Crippen LogP contribution is 2.31. The van der Waals surface area contributed by atoms with Crippen LogP contribution in [0.4, 0.5) is 4.39 Å². The summed E-state index contributed by atoms with van der Waals surface area (Å²) in [5.41, 5.74) is 3.74. The van der Waals surface area contributed by atoms with E-state index >= 15 is 0 Å². The molecule has 220 valence electrons. The SMILES string of the molecule is CCOc1cc(OCCCCCCc2cccc(OCCCC(=O)O)c2CCC(=O)O)cc(-c2ccc(F)cc2)c1. The highest BCUT2D eigenvalue weighted by Gasteiger charge is 2.12. The topological polar surface area (TPSA) is 102 Å².